The van der Waals surface area contributed by atoms with Crippen LogP contribution in [0.4, 0.5) is 4.39 Å². The molecule has 2 aromatic heterocycles. The van der Waals surface area contributed by atoms with Gasteiger partial charge in [0.15, 0.2) is 0 Å². The number of carboxylic acid groups (broad SMARTS) is 1. The lowest BCUT2D eigenvalue weighted by molar-refractivity contribution is -0.138. The summed E-state index contributed by atoms with van der Waals surface area (Å²) in [4.78, 5) is 11.9. The average molecular weight is 405 g/mol. The SMILES string of the molecule is [B]C([B])(C(=O)O)C([B])([B])c1c(C(C)C)n(-c2ccc(F)cc2)c2cc3cn[nH]c3cc12. The van der Waals surface area contributed by atoms with E-state index < -0.39 is 16.4 Å². The largest absolute Gasteiger partial charge is 0.482 e. The summed E-state index contributed by atoms with van der Waals surface area (Å²) in [6, 6.07) is 9.58. The van der Waals surface area contributed by atoms with Gasteiger partial charge in [0, 0.05) is 22.2 Å². The third-order valence-corrected chi connectivity index (χ3v) is 5.65. The highest BCUT2D eigenvalue weighted by atomic mass is 19.1. The molecule has 0 aliphatic carbocycles. The van der Waals surface area contributed by atoms with Crippen LogP contribution in [0, 0.1) is 5.82 Å². The van der Waals surface area contributed by atoms with Gasteiger partial charge in [0.1, 0.15) is 5.82 Å². The number of aliphatic carboxylic acids is 1. The molecular formula is C21H16B4FN3O2. The molecule has 4 rings (SSSR count). The molecule has 2 N–H and O–H groups in total. The lowest BCUT2D eigenvalue weighted by Gasteiger charge is -2.42. The zero-order valence-corrected chi connectivity index (χ0v) is 17.1. The molecule has 0 unspecified atom stereocenters. The fourth-order valence-corrected chi connectivity index (χ4v) is 3.98. The molecule has 10 heteroatoms. The molecule has 2 heterocycles. The van der Waals surface area contributed by atoms with Gasteiger partial charge in [-0.2, -0.15) is 5.10 Å². The van der Waals surface area contributed by atoms with Crippen LogP contribution in [0.5, 0.6) is 0 Å². The summed E-state index contributed by atoms with van der Waals surface area (Å²) in [5.74, 6) is -2.10. The van der Waals surface area contributed by atoms with Crippen molar-refractivity contribution in [1.82, 2.24) is 14.8 Å². The van der Waals surface area contributed by atoms with Gasteiger partial charge in [-0.25, -0.2) is 4.39 Å². The Morgan fingerprint density at radius 3 is 2.39 bits per heavy atom. The molecule has 0 spiro atoms. The Morgan fingerprint density at radius 1 is 1.16 bits per heavy atom. The first-order valence-corrected chi connectivity index (χ1v) is 9.63. The normalized spacial score (nSPS) is 12.8. The molecule has 5 nitrogen and oxygen atoms in total. The molecule has 0 fully saturated rings. The number of nitrogens with one attached hydrogen (secondary N) is 1. The monoisotopic (exact) mass is 405 g/mol. The lowest BCUT2D eigenvalue weighted by atomic mass is 9.28. The fraction of sp³-hybridized carbons (Fsp3) is 0.238. The Bertz CT molecular complexity index is 1310. The molecule has 31 heavy (non-hydrogen) atoms. The first-order chi connectivity index (χ1) is 14.5. The van der Waals surface area contributed by atoms with Crippen LogP contribution in [0.25, 0.3) is 27.5 Å². The Morgan fingerprint density at radius 2 is 1.81 bits per heavy atom. The van der Waals surface area contributed by atoms with E-state index in [1.54, 1.807) is 24.4 Å². The van der Waals surface area contributed by atoms with Crippen molar-refractivity contribution >= 4 is 59.2 Å². The summed E-state index contributed by atoms with van der Waals surface area (Å²) in [6.07, 6.45) is 1.66. The molecule has 0 saturated carbocycles. The Kier molecular flexibility index (Phi) is 4.87. The Balaban J connectivity index is 2.20. The van der Waals surface area contributed by atoms with E-state index in [4.69, 9.17) is 31.4 Å². The van der Waals surface area contributed by atoms with Gasteiger partial charge in [-0.15, -0.1) is 0 Å². The van der Waals surface area contributed by atoms with E-state index in [2.05, 4.69) is 10.2 Å². The van der Waals surface area contributed by atoms with Gasteiger partial charge in [0.05, 0.1) is 48.6 Å². The molecule has 146 valence electrons. The maximum Gasteiger partial charge on any atom is 0.291 e. The van der Waals surface area contributed by atoms with Crippen molar-refractivity contribution in [3.8, 4) is 5.69 Å². The molecule has 0 saturated heterocycles. The average Bonchev–Trinajstić information content (AvgIpc) is 3.28. The smallest absolute Gasteiger partial charge is 0.291 e. The highest BCUT2D eigenvalue weighted by Gasteiger charge is 2.45. The van der Waals surface area contributed by atoms with E-state index in [1.165, 1.54) is 12.1 Å². The fourth-order valence-electron chi connectivity index (χ4n) is 3.98. The first-order valence-electron chi connectivity index (χ1n) is 9.63. The van der Waals surface area contributed by atoms with E-state index >= 15 is 0 Å². The second kappa shape index (κ2) is 7.07. The zero-order valence-electron chi connectivity index (χ0n) is 17.1. The van der Waals surface area contributed by atoms with Crippen molar-refractivity contribution in [2.45, 2.75) is 30.2 Å². The highest BCUT2D eigenvalue weighted by Crippen LogP contribution is 2.47. The number of hydrogen-bond acceptors (Lipinski definition) is 2. The third-order valence-electron chi connectivity index (χ3n) is 5.65. The van der Waals surface area contributed by atoms with Crippen molar-refractivity contribution < 1.29 is 14.3 Å². The standard InChI is InChI=1S/C21H16B4FN3O2/c1-10(2)18-17(20(22,23)21(24,25)19(30)31)14-8-15-11(9-27-28-15)7-16(14)29(18)13-5-3-12(26)4-6-13/h3-10H,1-2H3,(H,27,28)(H,30,31). The number of fused-ring (bicyclic) bond motifs is 2. The maximum absolute atomic E-state index is 13.6. The van der Waals surface area contributed by atoms with Gasteiger partial charge in [0.25, 0.3) is 5.97 Å². The minimum atomic E-state index is -2.47. The molecule has 4 aromatic rings. The lowest BCUT2D eigenvalue weighted by Crippen LogP contribution is -2.48. The van der Waals surface area contributed by atoms with Crippen LogP contribution >= 0.6 is 0 Å². The predicted octanol–water partition coefficient (Wildman–Crippen LogP) is 2.80. The number of H-pyrrole nitrogens is 1. The number of halogens is 1. The zero-order chi connectivity index (χ0) is 22.7. The summed E-state index contributed by atoms with van der Waals surface area (Å²) in [5, 5.41) is 13.4. The molecule has 0 bridgehead atoms. The van der Waals surface area contributed by atoms with Crippen LogP contribution in [-0.2, 0) is 10.0 Å². The summed E-state index contributed by atoms with van der Waals surface area (Å²) in [5.41, 5.74) is 2.95. The van der Waals surface area contributed by atoms with Crippen LogP contribution in [0.2, 0.25) is 5.21 Å². The minimum Gasteiger partial charge on any atom is -0.482 e. The van der Waals surface area contributed by atoms with Crippen LogP contribution in [-0.4, -0.2) is 57.2 Å². The van der Waals surface area contributed by atoms with Crippen LogP contribution < -0.4 is 0 Å². The number of hydrogen-bond donors (Lipinski definition) is 2. The molecule has 0 aliphatic rings. The van der Waals surface area contributed by atoms with E-state index in [-0.39, 0.29) is 11.7 Å². The first kappa shape index (κ1) is 21.3. The summed E-state index contributed by atoms with van der Waals surface area (Å²) in [7, 11) is 24.7. The number of nitrogens with zero attached hydrogens (tertiary/aromatic N) is 2. The second-order valence-electron chi connectivity index (χ2n) is 8.10. The quantitative estimate of drug-likeness (QED) is 0.503. The number of aromatic nitrogens is 3. The van der Waals surface area contributed by atoms with Crippen molar-refractivity contribution in [3.05, 3.63) is 59.7 Å². The van der Waals surface area contributed by atoms with Crippen LogP contribution in [0.15, 0.2) is 42.6 Å². The number of aromatic amines is 1. The van der Waals surface area contributed by atoms with E-state index in [0.717, 1.165) is 5.39 Å². The van der Waals surface area contributed by atoms with Gasteiger partial charge in [-0.05, 0) is 53.1 Å². The Labute approximate surface area is 184 Å². The number of benzene rings is 2. The third kappa shape index (κ3) is 3.11. The van der Waals surface area contributed by atoms with E-state index in [1.807, 2.05) is 24.5 Å². The van der Waals surface area contributed by atoms with E-state index in [9.17, 15) is 14.3 Å². The minimum absolute atomic E-state index is 0.167. The molecule has 0 amide bonds. The van der Waals surface area contributed by atoms with Gasteiger partial charge < -0.3 is 9.67 Å². The molecule has 2 aromatic carbocycles. The maximum atomic E-state index is 13.6. The number of carboxylic acids is 1. The summed E-state index contributed by atoms with van der Waals surface area (Å²) in [6.45, 7) is 3.83. The second-order valence-corrected chi connectivity index (χ2v) is 8.10. The number of carbonyl (C=O) groups is 1. The van der Waals surface area contributed by atoms with Crippen molar-refractivity contribution in [2.24, 2.45) is 0 Å². The van der Waals surface area contributed by atoms with Gasteiger partial charge >= 0.3 is 0 Å². The topological polar surface area (TPSA) is 70.9 Å². The van der Waals surface area contributed by atoms with Crippen LogP contribution in [0.1, 0.15) is 31.0 Å². The molecular weight excluding hydrogens is 388 g/mol. The van der Waals surface area contributed by atoms with Crippen molar-refractivity contribution in [3.63, 3.8) is 0 Å². The summed E-state index contributed by atoms with van der Waals surface area (Å²) >= 11 is 0. The highest BCUT2D eigenvalue weighted by molar-refractivity contribution is 6.61. The van der Waals surface area contributed by atoms with Crippen molar-refractivity contribution in [1.29, 1.82) is 0 Å². The molecule has 8 radical (unpaired) electrons. The summed E-state index contributed by atoms with van der Waals surface area (Å²) < 4.78 is 15.5. The van der Waals surface area contributed by atoms with Gasteiger partial charge in [-0.3, -0.25) is 9.89 Å². The molecule has 0 atom stereocenters. The van der Waals surface area contributed by atoms with Crippen LogP contribution in [0.3, 0.4) is 0 Å². The predicted molar refractivity (Wildman–Crippen MR) is 122 cm³/mol. The molecule has 0 aliphatic heterocycles. The van der Waals surface area contributed by atoms with Gasteiger partial charge in [0.2, 0.25) is 0 Å². The van der Waals surface area contributed by atoms with Gasteiger partial charge in [-0.1, -0.05) is 19.1 Å². The Hall–Kier alpha value is -2.89. The van der Waals surface area contributed by atoms with E-state index in [0.29, 0.717) is 33.4 Å². The van der Waals surface area contributed by atoms with Crippen molar-refractivity contribution in [2.75, 3.05) is 0 Å². The number of rotatable bonds is 5.